The summed E-state index contributed by atoms with van der Waals surface area (Å²) >= 11 is 6.12. The molecule has 116 valence electrons. The zero-order valence-corrected chi connectivity index (χ0v) is 13.7. The van der Waals surface area contributed by atoms with E-state index in [0.29, 0.717) is 5.92 Å². The first kappa shape index (κ1) is 16.0. The van der Waals surface area contributed by atoms with Gasteiger partial charge in [0.15, 0.2) is 6.73 Å². The third-order valence-electron chi connectivity index (χ3n) is 3.94. The SMILES string of the molecule is Cc1cc(OCNC(=O)N2CCC(C)CC2)cc(C)c1Cl. The maximum absolute atomic E-state index is 12.0. The Hall–Kier alpha value is -1.42. The van der Waals surface area contributed by atoms with Crippen LogP contribution in [0.4, 0.5) is 4.79 Å². The zero-order chi connectivity index (χ0) is 15.4. The summed E-state index contributed by atoms with van der Waals surface area (Å²) in [5.74, 6) is 1.44. The van der Waals surface area contributed by atoms with Crippen molar-refractivity contribution in [2.75, 3.05) is 19.8 Å². The molecule has 1 heterocycles. The highest BCUT2D eigenvalue weighted by atomic mass is 35.5. The highest BCUT2D eigenvalue weighted by Crippen LogP contribution is 2.25. The second-order valence-corrected chi connectivity index (χ2v) is 6.19. The number of benzene rings is 1. The molecular formula is C16H23ClN2O2. The maximum atomic E-state index is 12.0. The minimum atomic E-state index is -0.0516. The fourth-order valence-electron chi connectivity index (χ4n) is 2.49. The molecule has 0 aliphatic carbocycles. The second kappa shape index (κ2) is 7.03. The average Bonchev–Trinajstić information content (AvgIpc) is 2.45. The van der Waals surface area contributed by atoms with E-state index in [9.17, 15) is 4.79 Å². The summed E-state index contributed by atoms with van der Waals surface area (Å²) in [6.07, 6.45) is 2.15. The Morgan fingerprint density at radius 1 is 1.33 bits per heavy atom. The predicted molar refractivity (Wildman–Crippen MR) is 84.9 cm³/mol. The van der Waals surface area contributed by atoms with Gasteiger partial charge in [-0.15, -0.1) is 0 Å². The lowest BCUT2D eigenvalue weighted by molar-refractivity contribution is 0.164. The Morgan fingerprint density at radius 3 is 2.48 bits per heavy atom. The number of amides is 2. The van der Waals surface area contributed by atoms with Crippen molar-refractivity contribution in [1.29, 1.82) is 0 Å². The van der Waals surface area contributed by atoms with Gasteiger partial charge in [0.1, 0.15) is 5.75 Å². The molecule has 1 aliphatic rings. The van der Waals surface area contributed by atoms with Crippen LogP contribution in [-0.2, 0) is 0 Å². The van der Waals surface area contributed by atoms with Gasteiger partial charge in [-0.25, -0.2) is 4.79 Å². The number of ether oxygens (including phenoxy) is 1. The summed E-state index contributed by atoms with van der Waals surface area (Å²) < 4.78 is 5.59. The Morgan fingerprint density at radius 2 is 1.90 bits per heavy atom. The largest absolute Gasteiger partial charge is 0.473 e. The van der Waals surface area contributed by atoms with Gasteiger partial charge in [0.05, 0.1) is 0 Å². The van der Waals surface area contributed by atoms with Crippen LogP contribution in [0.5, 0.6) is 5.75 Å². The van der Waals surface area contributed by atoms with Crippen molar-refractivity contribution in [3.8, 4) is 5.75 Å². The van der Waals surface area contributed by atoms with Gasteiger partial charge in [-0.2, -0.15) is 0 Å². The summed E-state index contributed by atoms with van der Waals surface area (Å²) in [5, 5.41) is 3.56. The van der Waals surface area contributed by atoms with Gasteiger partial charge < -0.3 is 15.0 Å². The van der Waals surface area contributed by atoms with Crippen LogP contribution in [0.2, 0.25) is 5.02 Å². The minimum Gasteiger partial charge on any atom is -0.473 e. The van der Waals surface area contributed by atoms with Crippen LogP contribution in [0.3, 0.4) is 0 Å². The van der Waals surface area contributed by atoms with Gasteiger partial charge in [0.2, 0.25) is 0 Å². The Kier molecular flexibility index (Phi) is 5.34. The number of nitrogens with one attached hydrogen (secondary N) is 1. The smallest absolute Gasteiger partial charge is 0.320 e. The standard InChI is InChI=1S/C16H23ClN2O2/c1-11-4-6-19(7-5-11)16(20)18-10-21-14-8-12(2)15(17)13(3)9-14/h8-9,11H,4-7,10H2,1-3H3,(H,18,20). The first-order valence-electron chi connectivity index (χ1n) is 7.39. The van der Waals surface area contributed by atoms with E-state index in [1.807, 2.05) is 30.9 Å². The van der Waals surface area contributed by atoms with Crippen molar-refractivity contribution in [3.63, 3.8) is 0 Å². The number of halogens is 1. The first-order chi connectivity index (χ1) is 9.97. The summed E-state index contributed by atoms with van der Waals surface area (Å²) in [6, 6.07) is 3.71. The van der Waals surface area contributed by atoms with Gasteiger partial charge in [-0.1, -0.05) is 18.5 Å². The third kappa shape index (κ3) is 4.27. The predicted octanol–water partition coefficient (Wildman–Crippen LogP) is 3.73. The van der Waals surface area contributed by atoms with Gasteiger partial charge in [0.25, 0.3) is 0 Å². The Balaban J connectivity index is 1.80. The van der Waals surface area contributed by atoms with Crippen LogP contribution in [0.1, 0.15) is 30.9 Å². The average molecular weight is 311 g/mol. The molecule has 1 aliphatic heterocycles. The van der Waals surface area contributed by atoms with E-state index < -0.39 is 0 Å². The molecule has 1 aromatic carbocycles. The molecule has 21 heavy (non-hydrogen) atoms. The molecule has 4 nitrogen and oxygen atoms in total. The number of urea groups is 1. The summed E-state index contributed by atoms with van der Waals surface area (Å²) in [4.78, 5) is 13.8. The summed E-state index contributed by atoms with van der Waals surface area (Å²) in [6.45, 7) is 7.93. The molecule has 1 aromatic rings. The summed E-state index contributed by atoms with van der Waals surface area (Å²) in [7, 11) is 0. The van der Waals surface area contributed by atoms with Crippen molar-refractivity contribution < 1.29 is 9.53 Å². The lowest BCUT2D eigenvalue weighted by Crippen LogP contribution is -2.45. The molecule has 0 unspecified atom stereocenters. The van der Waals surface area contributed by atoms with Gasteiger partial charge >= 0.3 is 6.03 Å². The van der Waals surface area contributed by atoms with Gasteiger partial charge in [-0.3, -0.25) is 0 Å². The lowest BCUT2D eigenvalue weighted by atomic mass is 10.00. The van der Waals surface area contributed by atoms with Gasteiger partial charge in [-0.05, 0) is 55.9 Å². The number of nitrogens with zero attached hydrogens (tertiary/aromatic N) is 1. The molecule has 0 radical (unpaired) electrons. The number of hydrogen-bond acceptors (Lipinski definition) is 2. The number of hydrogen-bond donors (Lipinski definition) is 1. The van der Waals surface area contributed by atoms with Crippen LogP contribution >= 0.6 is 11.6 Å². The van der Waals surface area contributed by atoms with E-state index >= 15 is 0 Å². The fourth-order valence-corrected chi connectivity index (χ4v) is 2.60. The van der Waals surface area contributed by atoms with Crippen LogP contribution in [0.25, 0.3) is 0 Å². The number of likely N-dealkylation sites (tertiary alicyclic amines) is 1. The number of carbonyl (C=O) groups is 1. The molecular weight excluding hydrogens is 288 g/mol. The first-order valence-corrected chi connectivity index (χ1v) is 7.77. The molecule has 0 atom stereocenters. The van der Waals surface area contributed by atoms with E-state index in [4.69, 9.17) is 16.3 Å². The number of carbonyl (C=O) groups excluding carboxylic acids is 1. The molecule has 1 saturated heterocycles. The number of piperidine rings is 1. The lowest BCUT2D eigenvalue weighted by Gasteiger charge is -2.30. The second-order valence-electron chi connectivity index (χ2n) is 5.81. The highest BCUT2D eigenvalue weighted by Gasteiger charge is 2.19. The van der Waals surface area contributed by atoms with Crippen molar-refractivity contribution in [2.24, 2.45) is 5.92 Å². The van der Waals surface area contributed by atoms with Crippen molar-refractivity contribution in [2.45, 2.75) is 33.6 Å². The monoisotopic (exact) mass is 310 g/mol. The van der Waals surface area contributed by atoms with E-state index in [1.54, 1.807) is 0 Å². The highest BCUT2D eigenvalue weighted by molar-refractivity contribution is 6.32. The fraction of sp³-hybridized carbons (Fsp3) is 0.562. The van der Waals surface area contributed by atoms with Crippen LogP contribution in [0, 0.1) is 19.8 Å². The van der Waals surface area contributed by atoms with Gasteiger partial charge in [0, 0.05) is 18.1 Å². The molecule has 2 rings (SSSR count). The maximum Gasteiger partial charge on any atom is 0.320 e. The van der Waals surface area contributed by atoms with Crippen LogP contribution < -0.4 is 10.1 Å². The number of rotatable bonds is 3. The quantitative estimate of drug-likeness (QED) is 0.864. The van der Waals surface area contributed by atoms with E-state index in [1.165, 1.54) is 0 Å². The van der Waals surface area contributed by atoms with E-state index in [-0.39, 0.29) is 12.8 Å². The van der Waals surface area contributed by atoms with Crippen molar-refractivity contribution in [3.05, 3.63) is 28.3 Å². The molecule has 2 amide bonds. The molecule has 0 aromatic heterocycles. The Bertz CT molecular complexity index is 488. The summed E-state index contributed by atoms with van der Waals surface area (Å²) in [5.41, 5.74) is 1.95. The van der Waals surface area contributed by atoms with Crippen LogP contribution in [-0.4, -0.2) is 30.8 Å². The third-order valence-corrected chi connectivity index (χ3v) is 4.54. The molecule has 0 bridgehead atoms. The topological polar surface area (TPSA) is 41.6 Å². The molecule has 1 fully saturated rings. The van der Waals surface area contributed by atoms with E-state index in [2.05, 4.69) is 12.2 Å². The van der Waals surface area contributed by atoms with Crippen molar-refractivity contribution >= 4 is 17.6 Å². The Labute approximate surface area is 131 Å². The zero-order valence-electron chi connectivity index (χ0n) is 12.9. The molecule has 1 N–H and O–H groups in total. The minimum absolute atomic E-state index is 0.0516. The normalized spacial score (nSPS) is 15.9. The molecule has 0 saturated carbocycles. The number of aryl methyl sites for hydroxylation is 2. The molecule has 5 heteroatoms. The molecule has 0 spiro atoms. The van der Waals surface area contributed by atoms with E-state index in [0.717, 1.165) is 47.8 Å². The van der Waals surface area contributed by atoms with Crippen LogP contribution in [0.15, 0.2) is 12.1 Å². The van der Waals surface area contributed by atoms with Crippen molar-refractivity contribution in [1.82, 2.24) is 10.2 Å².